The minimum Gasteiger partial charge on any atom is -0.342 e. The van der Waals surface area contributed by atoms with Crippen molar-refractivity contribution in [2.75, 3.05) is 13.1 Å². The predicted molar refractivity (Wildman–Crippen MR) is 97.1 cm³/mol. The molecule has 0 aliphatic carbocycles. The molecule has 132 valence electrons. The lowest BCUT2D eigenvalue weighted by molar-refractivity contribution is -0.385. The van der Waals surface area contributed by atoms with Crippen LogP contribution >= 0.6 is 0 Å². The number of hydrogen-bond donors (Lipinski definition) is 1. The Labute approximate surface area is 149 Å². The first kappa shape index (κ1) is 16.3. The standard InChI is InChI=1S/C19H18N4O3/c24-19(14-7-1-4-10-17(14)23(25)26)22-11-5-6-13(12-22)18-20-15-8-2-3-9-16(15)21-18/h1-4,7-10,13H,5-6,11-12H2,(H,20,21)/t13-/m1/s1. The number of aromatic amines is 1. The number of fused-ring (bicyclic) bond motifs is 1. The maximum Gasteiger partial charge on any atom is 0.282 e. The van der Waals surface area contributed by atoms with E-state index < -0.39 is 4.92 Å². The Morgan fingerprint density at radius 1 is 1.19 bits per heavy atom. The van der Waals surface area contributed by atoms with E-state index in [1.807, 2.05) is 24.3 Å². The third kappa shape index (κ3) is 2.92. The van der Waals surface area contributed by atoms with Crippen molar-refractivity contribution in [3.05, 3.63) is 70.0 Å². The number of para-hydroxylation sites is 3. The summed E-state index contributed by atoms with van der Waals surface area (Å²) in [5.41, 5.74) is 1.88. The van der Waals surface area contributed by atoms with Gasteiger partial charge in [-0.1, -0.05) is 24.3 Å². The van der Waals surface area contributed by atoms with Crippen LogP contribution in [0.5, 0.6) is 0 Å². The number of aromatic nitrogens is 2. The molecule has 1 atom stereocenters. The summed E-state index contributed by atoms with van der Waals surface area (Å²) in [6.45, 7) is 1.10. The van der Waals surface area contributed by atoms with Crippen LogP contribution < -0.4 is 0 Å². The largest absolute Gasteiger partial charge is 0.342 e. The number of benzene rings is 2. The van der Waals surface area contributed by atoms with Crippen LogP contribution in [0.3, 0.4) is 0 Å². The second-order valence-electron chi connectivity index (χ2n) is 6.50. The average molecular weight is 350 g/mol. The van der Waals surface area contributed by atoms with Gasteiger partial charge in [0.15, 0.2) is 0 Å². The molecule has 1 aliphatic rings. The van der Waals surface area contributed by atoms with E-state index in [-0.39, 0.29) is 23.1 Å². The SMILES string of the molecule is O=C(c1ccccc1[N+](=O)[O-])N1CCC[C@@H](c2nc3ccccc3[nH]2)C1. The molecule has 26 heavy (non-hydrogen) atoms. The zero-order chi connectivity index (χ0) is 18.1. The Kier molecular flexibility index (Phi) is 4.12. The summed E-state index contributed by atoms with van der Waals surface area (Å²) in [7, 11) is 0. The van der Waals surface area contributed by atoms with Crippen molar-refractivity contribution in [3.8, 4) is 0 Å². The van der Waals surface area contributed by atoms with Gasteiger partial charge in [0.1, 0.15) is 11.4 Å². The first-order chi connectivity index (χ1) is 12.6. The van der Waals surface area contributed by atoms with Crippen molar-refractivity contribution >= 4 is 22.6 Å². The summed E-state index contributed by atoms with van der Waals surface area (Å²) in [5, 5.41) is 11.2. The molecule has 0 bridgehead atoms. The van der Waals surface area contributed by atoms with Crippen molar-refractivity contribution in [1.29, 1.82) is 0 Å². The van der Waals surface area contributed by atoms with Crippen molar-refractivity contribution in [2.45, 2.75) is 18.8 Å². The van der Waals surface area contributed by atoms with Crippen LogP contribution in [0.4, 0.5) is 5.69 Å². The highest BCUT2D eigenvalue weighted by Crippen LogP contribution is 2.29. The molecule has 0 saturated carbocycles. The number of imidazole rings is 1. The molecule has 0 radical (unpaired) electrons. The minimum absolute atomic E-state index is 0.0999. The molecule has 0 spiro atoms. The van der Waals surface area contributed by atoms with Crippen LogP contribution in [-0.2, 0) is 0 Å². The van der Waals surface area contributed by atoms with Gasteiger partial charge in [0.25, 0.3) is 11.6 Å². The van der Waals surface area contributed by atoms with Crippen LogP contribution in [0.25, 0.3) is 11.0 Å². The summed E-state index contributed by atoms with van der Waals surface area (Å²) < 4.78 is 0. The van der Waals surface area contributed by atoms with Crippen LogP contribution in [-0.4, -0.2) is 38.8 Å². The molecule has 2 aromatic carbocycles. The number of piperidine rings is 1. The molecule has 1 aliphatic heterocycles. The van der Waals surface area contributed by atoms with Gasteiger partial charge in [-0.15, -0.1) is 0 Å². The van der Waals surface area contributed by atoms with Gasteiger partial charge < -0.3 is 9.88 Å². The molecule has 7 nitrogen and oxygen atoms in total. The fourth-order valence-corrected chi connectivity index (χ4v) is 3.53. The Balaban J connectivity index is 1.59. The van der Waals surface area contributed by atoms with E-state index in [1.54, 1.807) is 17.0 Å². The van der Waals surface area contributed by atoms with E-state index >= 15 is 0 Å². The van der Waals surface area contributed by atoms with Gasteiger partial charge in [-0.2, -0.15) is 0 Å². The highest BCUT2D eigenvalue weighted by Gasteiger charge is 2.30. The fraction of sp³-hybridized carbons (Fsp3) is 0.263. The Morgan fingerprint density at radius 2 is 1.96 bits per heavy atom. The normalized spacial score (nSPS) is 17.4. The first-order valence-electron chi connectivity index (χ1n) is 8.61. The zero-order valence-corrected chi connectivity index (χ0v) is 14.1. The molecule has 1 N–H and O–H groups in total. The summed E-state index contributed by atoms with van der Waals surface area (Å²) in [6, 6.07) is 13.9. The number of nitrogens with one attached hydrogen (secondary N) is 1. The van der Waals surface area contributed by atoms with Gasteiger partial charge in [-0.25, -0.2) is 4.98 Å². The minimum atomic E-state index is -0.506. The molecule has 1 aromatic heterocycles. The number of rotatable bonds is 3. The first-order valence-corrected chi connectivity index (χ1v) is 8.61. The van der Waals surface area contributed by atoms with Gasteiger partial charge in [0.2, 0.25) is 0 Å². The number of carbonyl (C=O) groups is 1. The van der Waals surface area contributed by atoms with Gasteiger partial charge in [-0.05, 0) is 31.0 Å². The molecule has 0 unspecified atom stereocenters. The quantitative estimate of drug-likeness (QED) is 0.578. The Bertz CT molecular complexity index is 949. The van der Waals surface area contributed by atoms with Crippen molar-refractivity contribution in [3.63, 3.8) is 0 Å². The second kappa shape index (κ2) is 6.59. The summed E-state index contributed by atoms with van der Waals surface area (Å²) >= 11 is 0. The predicted octanol–water partition coefficient (Wildman–Crippen LogP) is 3.49. The lowest BCUT2D eigenvalue weighted by atomic mass is 9.96. The van der Waals surface area contributed by atoms with E-state index in [9.17, 15) is 14.9 Å². The number of likely N-dealkylation sites (tertiary alicyclic amines) is 1. The number of hydrogen-bond acceptors (Lipinski definition) is 4. The summed E-state index contributed by atoms with van der Waals surface area (Å²) in [5.74, 6) is 0.673. The molecular formula is C19H18N4O3. The number of amides is 1. The summed E-state index contributed by atoms with van der Waals surface area (Å²) in [6.07, 6.45) is 1.77. The number of H-pyrrole nitrogens is 1. The molecule has 1 amide bonds. The second-order valence-corrected chi connectivity index (χ2v) is 6.50. The van der Waals surface area contributed by atoms with Crippen molar-refractivity contribution in [2.24, 2.45) is 0 Å². The van der Waals surface area contributed by atoms with Crippen LogP contribution in [0, 0.1) is 10.1 Å². The molecule has 7 heteroatoms. The monoisotopic (exact) mass is 350 g/mol. The van der Waals surface area contributed by atoms with Gasteiger partial charge >= 0.3 is 0 Å². The third-order valence-corrected chi connectivity index (χ3v) is 4.83. The lowest BCUT2D eigenvalue weighted by Gasteiger charge is -2.31. The number of carbonyl (C=O) groups excluding carboxylic acids is 1. The Morgan fingerprint density at radius 3 is 2.77 bits per heavy atom. The molecule has 1 fully saturated rings. The third-order valence-electron chi connectivity index (χ3n) is 4.83. The van der Waals surface area contributed by atoms with Crippen LogP contribution in [0.15, 0.2) is 48.5 Å². The molecular weight excluding hydrogens is 332 g/mol. The average Bonchev–Trinajstić information content (AvgIpc) is 3.12. The van der Waals surface area contributed by atoms with E-state index in [1.165, 1.54) is 12.1 Å². The highest BCUT2D eigenvalue weighted by atomic mass is 16.6. The van der Waals surface area contributed by atoms with Crippen LogP contribution in [0.2, 0.25) is 0 Å². The number of nitrogens with zero attached hydrogens (tertiary/aromatic N) is 3. The maximum atomic E-state index is 12.9. The van der Waals surface area contributed by atoms with Gasteiger partial charge in [0.05, 0.1) is 16.0 Å². The van der Waals surface area contributed by atoms with E-state index in [4.69, 9.17) is 0 Å². The summed E-state index contributed by atoms with van der Waals surface area (Å²) in [4.78, 5) is 33.3. The van der Waals surface area contributed by atoms with Gasteiger partial charge in [0, 0.05) is 25.1 Å². The maximum absolute atomic E-state index is 12.9. The smallest absolute Gasteiger partial charge is 0.282 e. The number of nitro groups is 1. The number of nitro benzene ring substituents is 1. The van der Waals surface area contributed by atoms with Gasteiger partial charge in [-0.3, -0.25) is 14.9 Å². The lowest BCUT2D eigenvalue weighted by Crippen LogP contribution is -2.39. The zero-order valence-electron chi connectivity index (χ0n) is 14.1. The van der Waals surface area contributed by atoms with Crippen molar-refractivity contribution in [1.82, 2.24) is 14.9 Å². The fourth-order valence-electron chi connectivity index (χ4n) is 3.53. The molecule has 3 aromatic rings. The molecule has 2 heterocycles. The molecule has 1 saturated heterocycles. The highest BCUT2D eigenvalue weighted by molar-refractivity contribution is 5.98. The van der Waals surface area contributed by atoms with E-state index in [0.717, 1.165) is 29.7 Å². The molecule has 4 rings (SSSR count). The van der Waals surface area contributed by atoms with Crippen LogP contribution in [0.1, 0.15) is 34.9 Å². The van der Waals surface area contributed by atoms with E-state index in [2.05, 4.69) is 9.97 Å². The Hall–Kier alpha value is -3.22. The topological polar surface area (TPSA) is 92.1 Å². The van der Waals surface area contributed by atoms with Crippen molar-refractivity contribution < 1.29 is 9.72 Å². The van der Waals surface area contributed by atoms with E-state index in [0.29, 0.717) is 13.1 Å².